The van der Waals surface area contributed by atoms with Crippen molar-refractivity contribution in [1.82, 2.24) is 0 Å². The van der Waals surface area contributed by atoms with Gasteiger partial charge in [0.05, 0.1) is 12.7 Å². The summed E-state index contributed by atoms with van der Waals surface area (Å²) in [4.78, 5) is 12.1. The second kappa shape index (κ2) is 6.53. The molecule has 0 aromatic heterocycles. The molecule has 0 saturated heterocycles. The van der Waals surface area contributed by atoms with Gasteiger partial charge in [0.25, 0.3) is 0 Å². The van der Waals surface area contributed by atoms with Gasteiger partial charge in [-0.3, -0.25) is 0 Å². The highest BCUT2D eigenvalue weighted by Crippen LogP contribution is 2.28. The van der Waals surface area contributed by atoms with Crippen molar-refractivity contribution in [2.75, 3.05) is 7.11 Å². The quantitative estimate of drug-likeness (QED) is 0.626. The number of benzene rings is 2. The number of rotatable bonds is 4. The maximum absolute atomic E-state index is 12.1. The van der Waals surface area contributed by atoms with Gasteiger partial charge in [0.15, 0.2) is 0 Å². The average Bonchev–Trinajstić information content (AvgIpc) is 2.96. The number of cyclic esters (lactones) is 1. The Bertz CT molecular complexity index is 783. The highest BCUT2D eigenvalue weighted by molar-refractivity contribution is 6.05. The van der Waals surface area contributed by atoms with E-state index in [1.54, 1.807) is 19.3 Å². The maximum atomic E-state index is 12.1. The zero-order valence-electron chi connectivity index (χ0n) is 13.2. The highest BCUT2D eigenvalue weighted by atomic mass is 16.5. The van der Waals surface area contributed by atoms with E-state index in [-0.39, 0.29) is 5.97 Å². The molecule has 2 aromatic rings. The molecule has 0 spiro atoms. The lowest BCUT2D eigenvalue weighted by molar-refractivity contribution is -0.130. The molecule has 0 N–H and O–H groups in total. The van der Waals surface area contributed by atoms with E-state index in [1.807, 2.05) is 48.5 Å². The molecule has 1 heterocycles. The van der Waals surface area contributed by atoms with Crippen molar-refractivity contribution in [3.63, 3.8) is 0 Å². The lowest BCUT2D eigenvalue weighted by Crippen LogP contribution is -1.97. The van der Waals surface area contributed by atoms with Crippen LogP contribution in [0.1, 0.15) is 23.6 Å². The Morgan fingerprint density at radius 2 is 1.91 bits per heavy atom. The number of esters is 1. The first kappa shape index (κ1) is 15.1. The molecule has 3 nitrogen and oxygen atoms in total. The third kappa shape index (κ3) is 3.34. The number of carbonyl (C=O) groups excluding carboxylic acids is 1. The Hall–Kier alpha value is -2.81. The summed E-state index contributed by atoms with van der Waals surface area (Å²) in [5.74, 6) is 1.01. The van der Waals surface area contributed by atoms with Crippen LogP contribution in [0.4, 0.5) is 0 Å². The first-order chi connectivity index (χ1) is 11.2. The number of hydrogen-bond acceptors (Lipinski definition) is 3. The summed E-state index contributed by atoms with van der Waals surface area (Å²) in [5.41, 5.74) is 3.60. The molecule has 2 aromatic carbocycles. The Morgan fingerprint density at radius 1 is 1.13 bits per heavy atom. The molecule has 0 aliphatic carbocycles. The van der Waals surface area contributed by atoms with Gasteiger partial charge in [0, 0.05) is 5.56 Å². The topological polar surface area (TPSA) is 35.5 Å². The van der Waals surface area contributed by atoms with Crippen LogP contribution in [0.15, 0.2) is 60.2 Å². The van der Waals surface area contributed by atoms with Crippen LogP contribution in [-0.2, 0) is 16.0 Å². The van der Waals surface area contributed by atoms with E-state index in [1.165, 1.54) is 5.56 Å². The highest BCUT2D eigenvalue weighted by Gasteiger charge is 2.21. The van der Waals surface area contributed by atoms with E-state index >= 15 is 0 Å². The first-order valence-electron chi connectivity index (χ1n) is 7.58. The zero-order chi connectivity index (χ0) is 16.2. The van der Waals surface area contributed by atoms with Gasteiger partial charge in [-0.25, -0.2) is 4.79 Å². The number of methoxy groups -OCH3 is 1. The Balaban J connectivity index is 1.89. The molecule has 116 valence electrons. The summed E-state index contributed by atoms with van der Waals surface area (Å²) in [7, 11) is 1.62. The van der Waals surface area contributed by atoms with Crippen LogP contribution in [0, 0.1) is 0 Å². The van der Waals surface area contributed by atoms with E-state index in [4.69, 9.17) is 9.47 Å². The summed E-state index contributed by atoms with van der Waals surface area (Å²) < 4.78 is 10.6. The minimum Gasteiger partial charge on any atom is -0.497 e. The predicted molar refractivity (Wildman–Crippen MR) is 90.9 cm³/mol. The molecule has 1 aliphatic rings. The molecule has 0 fully saturated rings. The number of ether oxygens (including phenoxy) is 2. The van der Waals surface area contributed by atoms with Crippen molar-refractivity contribution in [3.05, 3.63) is 76.9 Å². The molecule has 0 amide bonds. The Morgan fingerprint density at radius 3 is 2.61 bits per heavy atom. The fourth-order valence-electron chi connectivity index (χ4n) is 2.45. The van der Waals surface area contributed by atoms with E-state index in [2.05, 4.69) is 6.92 Å². The van der Waals surface area contributed by atoms with Crippen LogP contribution in [0.2, 0.25) is 0 Å². The van der Waals surface area contributed by atoms with Gasteiger partial charge in [0.2, 0.25) is 0 Å². The first-order valence-corrected chi connectivity index (χ1v) is 7.58. The van der Waals surface area contributed by atoms with Crippen LogP contribution in [0.3, 0.4) is 0 Å². The summed E-state index contributed by atoms with van der Waals surface area (Å²) in [6.45, 7) is 2.11. The van der Waals surface area contributed by atoms with Crippen LogP contribution in [0.25, 0.3) is 11.8 Å². The van der Waals surface area contributed by atoms with Crippen molar-refractivity contribution in [2.24, 2.45) is 0 Å². The predicted octanol–water partition coefficient (Wildman–Crippen LogP) is 4.24. The molecule has 1 aliphatic heterocycles. The minimum atomic E-state index is -0.331. The second-order valence-corrected chi connectivity index (χ2v) is 5.32. The maximum Gasteiger partial charge on any atom is 0.343 e. The van der Waals surface area contributed by atoms with E-state index in [0.717, 1.165) is 23.3 Å². The smallest absolute Gasteiger partial charge is 0.343 e. The Labute approximate surface area is 135 Å². The molecular weight excluding hydrogens is 288 g/mol. The van der Waals surface area contributed by atoms with Crippen LogP contribution < -0.4 is 4.74 Å². The van der Waals surface area contributed by atoms with Gasteiger partial charge in [-0.1, -0.05) is 43.3 Å². The largest absolute Gasteiger partial charge is 0.497 e. The fourth-order valence-corrected chi connectivity index (χ4v) is 2.45. The minimum absolute atomic E-state index is 0.331. The second-order valence-electron chi connectivity index (χ2n) is 5.32. The van der Waals surface area contributed by atoms with Gasteiger partial charge in [-0.15, -0.1) is 0 Å². The molecule has 0 radical (unpaired) electrons. The number of carbonyl (C=O) groups is 1. The van der Waals surface area contributed by atoms with E-state index < -0.39 is 0 Å². The number of hydrogen-bond donors (Lipinski definition) is 0. The molecule has 23 heavy (non-hydrogen) atoms. The van der Waals surface area contributed by atoms with Crippen molar-refractivity contribution < 1.29 is 14.3 Å². The van der Waals surface area contributed by atoms with Gasteiger partial charge in [-0.2, -0.15) is 0 Å². The van der Waals surface area contributed by atoms with Crippen molar-refractivity contribution in [3.8, 4) is 5.75 Å². The standard InChI is InChI=1S/C20H18O3/c1-3-14-7-9-16(10-8-14)19-13-17(20(21)23-19)11-15-5-4-6-18(12-15)22-2/h4-13H,3H2,1-2H3/b17-11-. The molecule has 0 atom stereocenters. The number of aryl methyl sites for hydroxylation is 1. The normalized spacial score (nSPS) is 15.5. The van der Waals surface area contributed by atoms with Crippen LogP contribution >= 0.6 is 0 Å². The SMILES string of the molecule is CCc1ccc(C2=C/C(=C/c3cccc(OC)c3)C(=O)O2)cc1. The average molecular weight is 306 g/mol. The summed E-state index contributed by atoms with van der Waals surface area (Å²) in [5, 5.41) is 0. The molecular formula is C20H18O3. The van der Waals surface area contributed by atoms with Crippen molar-refractivity contribution in [1.29, 1.82) is 0 Å². The zero-order valence-corrected chi connectivity index (χ0v) is 13.2. The lowest BCUT2D eigenvalue weighted by Gasteiger charge is -2.02. The monoisotopic (exact) mass is 306 g/mol. The van der Waals surface area contributed by atoms with Gasteiger partial charge < -0.3 is 9.47 Å². The molecule has 0 bridgehead atoms. The van der Waals surface area contributed by atoms with Gasteiger partial charge in [-0.05, 0) is 41.8 Å². The third-order valence-electron chi connectivity index (χ3n) is 3.79. The van der Waals surface area contributed by atoms with Gasteiger partial charge >= 0.3 is 5.97 Å². The van der Waals surface area contributed by atoms with E-state index in [0.29, 0.717) is 11.3 Å². The molecule has 3 rings (SSSR count). The summed E-state index contributed by atoms with van der Waals surface area (Å²) >= 11 is 0. The lowest BCUT2D eigenvalue weighted by atomic mass is 10.1. The van der Waals surface area contributed by atoms with Crippen molar-refractivity contribution in [2.45, 2.75) is 13.3 Å². The van der Waals surface area contributed by atoms with Crippen LogP contribution in [0.5, 0.6) is 5.75 Å². The fraction of sp³-hybridized carbons (Fsp3) is 0.150. The van der Waals surface area contributed by atoms with Crippen molar-refractivity contribution >= 4 is 17.8 Å². The summed E-state index contributed by atoms with van der Waals surface area (Å²) in [6.07, 6.45) is 4.57. The Kier molecular flexibility index (Phi) is 4.29. The molecule has 3 heteroatoms. The third-order valence-corrected chi connectivity index (χ3v) is 3.79. The van der Waals surface area contributed by atoms with Crippen LogP contribution in [-0.4, -0.2) is 13.1 Å². The molecule has 0 unspecified atom stereocenters. The summed E-state index contributed by atoms with van der Waals surface area (Å²) in [6, 6.07) is 15.6. The van der Waals surface area contributed by atoms with E-state index in [9.17, 15) is 4.79 Å². The van der Waals surface area contributed by atoms with Gasteiger partial charge in [0.1, 0.15) is 11.5 Å². The molecule has 0 saturated carbocycles.